The summed E-state index contributed by atoms with van der Waals surface area (Å²) in [6.45, 7) is 4.56. The van der Waals surface area contributed by atoms with Gasteiger partial charge in [-0.2, -0.15) is 0 Å². The zero-order valence-corrected chi connectivity index (χ0v) is 13.7. The van der Waals surface area contributed by atoms with Crippen LogP contribution in [0.25, 0.3) is 0 Å². The molecular formula is C19H34O. The van der Waals surface area contributed by atoms with Crippen LogP contribution in [0.1, 0.15) is 90.9 Å². The summed E-state index contributed by atoms with van der Waals surface area (Å²) < 4.78 is 0. The summed E-state index contributed by atoms with van der Waals surface area (Å²) in [6.07, 6.45) is 15.5. The van der Waals surface area contributed by atoms with Gasteiger partial charge in [0.15, 0.2) is 0 Å². The Balaban J connectivity index is 1.81. The van der Waals surface area contributed by atoms with Crippen LogP contribution < -0.4 is 0 Å². The molecule has 2 saturated carbocycles. The van der Waals surface area contributed by atoms with Crippen LogP contribution in [0.4, 0.5) is 0 Å². The summed E-state index contributed by atoms with van der Waals surface area (Å²) >= 11 is 0. The summed E-state index contributed by atoms with van der Waals surface area (Å²) in [5.41, 5.74) is 0. The first-order chi connectivity index (χ1) is 9.76. The summed E-state index contributed by atoms with van der Waals surface area (Å²) in [7, 11) is 0. The van der Waals surface area contributed by atoms with Gasteiger partial charge in [0.05, 0.1) is 0 Å². The van der Waals surface area contributed by atoms with Crippen molar-refractivity contribution in [3.63, 3.8) is 0 Å². The predicted molar refractivity (Wildman–Crippen MR) is 85.7 cm³/mol. The SMILES string of the molecule is CCCCC1CCC(C(=O)C2CCCCC2CC)CC1. The van der Waals surface area contributed by atoms with Gasteiger partial charge in [-0.05, 0) is 50.4 Å². The Bertz CT molecular complexity index is 288. The van der Waals surface area contributed by atoms with Gasteiger partial charge in [-0.1, -0.05) is 52.4 Å². The lowest BCUT2D eigenvalue weighted by Crippen LogP contribution is -2.33. The number of hydrogen-bond donors (Lipinski definition) is 0. The number of carbonyl (C=O) groups excluding carboxylic acids is 1. The average molecular weight is 278 g/mol. The Morgan fingerprint density at radius 3 is 2.30 bits per heavy atom. The molecule has 0 aromatic rings. The molecule has 1 heteroatoms. The highest BCUT2D eigenvalue weighted by Gasteiger charge is 2.35. The molecule has 0 aromatic carbocycles. The normalized spacial score (nSPS) is 34.9. The smallest absolute Gasteiger partial charge is 0.139 e. The number of unbranched alkanes of at least 4 members (excludes halogenated alkanes) is 1. The van der Waals surface area contributed by atoms with Crippen molar-refractivity contribution in [2.24, 2.45) is 23.7 Å². The van der Waals surface area contributed by atoms with E-state index in [2.05, 4.69) is 13.8 Å². The number of hydrogen-bond acceptors (Lipinski definition) is 1. The maximum absolute atomic E-state index is 12.8. The first-order valence-corrected chi connectivity index (χ1v) is 9.30. The van der Waals surface area contributed by atoms with Gasteiger partial charge in [0.25, 0.3) is 0 Å². The van der Waals surface area contributed by atoms with Gasteiger partial charge in [-0.25, -0.2) is 0 Å². The molecule has 2 aliphatic rings. The molecule has 0 aromatic heterocycles. The Morgan fingerprint density at radius 1 is 0.950 bits per heavy atom. The Labute approximate surface area is 125 Å². The molecule has 2 rings (SSSR count). The van der Waals surface area contributed by atoms with Crippen molar-refractivity contribution in [2.75, 3.05) is 0 Å². The van der Waals surface area contributed by atoms with E-state index < -0.39 is 0 Å². The molecule has 20 heavy (non-hydrogen) atoms. The van der Waals surface area contributed by atoms with Crippen LogP contribution in [-0.2, 0) is 4.79 Å². The van der Waals surface area contributed by atoms with E-state index in [0.29, 0.717) is 23.5 Å². The van der Waals surface area contributed by atoms with E-state index in [-0.39, 0.29) is 0 Å². The van der Waals surface area contributed by atoms with Gasteiger partial charge in [0.1, 0.15) is 5.78 Å². The average Bonchev–Trinajstić information content (AvgIpc) is 2.52. The lowest BCUT2D eigenvalue weighted by atomic mass is 9.69. The van der Waals surface area contributed by atoms with Crippen LogP contribution in [0.5, 0.6) is 0 Å². The van der Waals surface area contributed by atoms with E-state index in [1.54, 1.807) is 0 Å². The van der Waals surface area contributed by atoms with Crippen molar-refractivity contribution >= 4 is 5.78 Å². The van der Waals surface area contributed by atoms with Crippen LogP contribution in [0.2, 0.25) is 0 Å². The second-order valence-electron chi connectivity index (χ2n) is 7.32. The highest BCUT2D eigenvalue weighted by atomic mass is 16.1. The number of Topliss-reactive ketones (excluding diaryl/α,β-unsaturated/α-hetero) is 1. The van der Waals surface area contributed by atoms with Gasteiger partial charge in [-0.15, -0.1) is 0 Å². The van der Waals surface area contributed by atoms with Crippen molar-refractivity contribution in [3.8, 4) is 0 Å². The molecule has 0 amide bonds. The standard InChI is InChI=1S/C19H34O/c1-3-5-8-15-11-13-17(14-12-15)19(20)18-10-7-6-9-16(18)4-2/h15-18H,3-14H2,1-2H3. The minimum atomic E-state index is 0.421. The van der Waals surface area contributed by atoms with Crippen molar-refractivity contribution in [1.82, 2.24) is 0 Å². The molecule has 0 spiro atoms. The molecule has 0 N–H and O–H groups in total. The Morgan fingerprint density at radius 2 is 1.65 bits per heavy atom. The van der Waals surface area contributed by atoms with Gasteiger partial charge in [-0.3, -0.25) is 4.79 Å². The highest BCUT2D eigenvalue weighted by Crippen LogP contribution is 2.39. The molecule has 0 aliphatic heterocycles. The fraction of sp³-hybridized carbons (Fsp3) is 0.947. The number of rotatable bonds is 6. The predicted octanol–water partition coefficient (Wildman–Crippen LogP) is 5.77. The molecule has 0 bridgehead atoms. The fourth-order valence-corrected chi connectivity index (χ4v) is 4.60. The quantitative estimate of drug-likeness (QED) is 0.603. The van der Waals surface area contributed by atoms with E-state index in [0.717, 1.165) is 5.92 Å². The summed E-state index contributed by atoms with van der Waals surface area (Å²) in [4.78, 5) is 12.8. The molecule has 2 atom stereocenters. The van der Waals surface area contributed by atoms with Crippen molar-refractivity contribution in [3.05, 3.63) is 0 Å². The minimum absolute atomic E-state index is 0.421. The van der Waals surface area contributed by atoms with Gasteiger partial charge < -0.3 is 0 Å². The first-order valence-electron chi connectivity index (χ1n) is 9.30. The maximum Gasteiger partial charge on any atom is 0.139 e. The van der Waals surface area contributed by atoms with Gasteiger partial charge in [0.2, 0.25) is 0 Å². The third-order valence-electron chi connectivity index (χ3n) is 6.01. The van der Waals surface area contributed by atoms with Crippen LogP contribution in [0.3, 0.4) is 0 Å². The Hall–Kier alpha value is -0.330. The summed E-state index contributed by atoms with van der Waals surface area (Å²) in [6, 6.07) is 0. The molecule has 0 heterocycles. The zero-order valence-electron chi connectivity index (χ0n) is 13.7. The van der Waals surface area contributed by atoms with Crippen molar-refractivity contribution in [1.29, 1.82) is 0 Å². The minimum Gasteiger partial charge on any atom is -0.299 e. The van der Waals surface area contributed by atoms with Crippen LogP contribution in [-0.4, -0.2) is 5.78 Å². The zero-order chi connectivity index (χ0) is 14.4. The number of ketones is 1. The topological polar surface area (TPSA) is 17.1 Å². The maximum atomic E-state index is 12.8. The van der Waals surface area contributed by atoms with Gasteiger partial charge in [0, 0.05) is 11.8 Å². The fourth-order valence-electron chi connectivity index (χ4n) is 4.60. The van der Waals surface area contributed by atoms with Crippen molar-refractivity contribution in [2.45, 2.75) is 90.9 Å². The molecule has 0 radical (unpaired) electrons. The van der Waals surface area contributed by atoms with E-state index in [1.165, 1.54) is 77.0 Å². The van der Waals surface area contributed by atoms with E-state index in [9.17, 15) is 4.79 Å². The second kappa shape index (κ2) is 8.20. The lowest BCUT2D eigenvalue weighted by molar-refractivity contribution is -0.131. The second-order valence-corrected chi connectivity index (χ2v) is 7.32. The molecular weight excluding hydrogens is 244 g/mol. The van der Waals surface area contributed by atoms with Crippen LogP contribution in [0, 0.1) is 23.7 Å². The van der Waals surface area contributed by atoms with E-state index in [4.69, 9.17) is 0 Å². The molecule has 2 fully saturated rings. The first kappa shape index (κ1) is 16.0. The molecule has 0 saturated heterocycles. The highest BCUT2D eigenvalue weighted by molar-refractivity contribution is 5.83. The molecule has 116 valence electrons. The summed E-state index contributed by atoms with van der Waals surface area (Å²) in [5, 5.41) is 0. The monoisotopic (exact) mass is 278 g/mol. The molecule has 1 nitrogen and oxygen atoms in total. The third kappa shape index (κ3) is 4.09. The van der Waals surface area contributed by atoms with E-state index >= 15 is 0 Å². The molecule has 2 unspecified atom stereocenters. The lowest BCUT2D eigenvalue weighted by Gasteiger charge is -2.35. The summed E-state index contributed by atoms with van der Waals surface area (Å²) in [5.74, 6) is 3.13. The Kier molecular flexibility index (Phi) is 6.58. The van der Waals surface area contributed by atoms with Crippen LogP contribution in [0.15, 0.2) is 0 Å². The molecule has 2 aliphatic carbocycles. The van der Waals surface area contributed by atoms with Gasteiger partial charge >= 0.3 is 0 Å². The van der Waals surface area contributed by atoms with Crippen molar-refractivity contribution < 1.29 is 4.79 Å². The third-order valence-corrected chi connectivity index (χ3v) is 6.01. The largest absolute Gasteiger partial charge is 0.299 e. The number of carbonyl (C=O) groups is 1. The van der Waals surface area contributed by atoms with E-state index in [1.807, 2.05) is 0 Å². The van der Waals surface area contributed by atoms with Crippen LogP contribution >= 0.6 is 0 Å².